The van der Waals surface area contributed by atoms with Gasteiger partial charge in [0.1, 0.15) is 12.7 Å². The molecule has 0 amide bonds. The Labute approximate surface area is 321 Å². The number of aliphatic hydroxyl groups excluding tert-OH is 3. The first-order valence-electron chi connectivity index (χ1n) is 20.4. The first-order chi connectivity index (χ1) is 25.5. The van der Waals surface area contributed by atoms with E-state index in [-0.39, 0.29) is 19.4 Å². The van der Waals surface area contributed by atoms with Gasteiger partial charge in [-0.1, -0.05) is 147 Å². The van der Waals surface area contributed by atoms with Crippen LogP contribution in [0.4, 0.5) is 0 Å². The van der Waals surface area contributed by atoms with Crippen LogP contribution in [0.25, 0.3) is 0 Å². The molecule has 0 aliphatic carbocycles. The Balaban J connectivity index is 4.41. The van der Waals surface area contributed by atoms with Gasteiger partial charge in [0.15, 0.2) is 6.10 Å². The second kappa shape index (κ2) is 35.8. The van der Waals surface area contributed by atoms with Crippen LogP contribution >= 0.6 is 7.82 Å². The van der Waals surface area contributed by atoms with Crippen molar-refractivity contribution < 1.29 is 52.9 Å². The van der Waals surface area contributed by atoms with Gasteiger partial charge < -0.3 is 29.7 Å². The molecule has 310 valence electrons. The van der Waals surface area contributed by atoms with Crippen LogP contribution < -0.4 is 0 Å². The topological polar surface area (TPSA) is 169 Å². The van der Waals surface area contributed by atoms with Crippen molar-refractivity contribution in [3.8, 4) is 0 Å². The number of phosphoric ester groups is 1. The van der Waals surface area contributed by atoms with E-state index < -0.39 is 57.9 Å². The minimum Gasteiger partial charge on any atom is -0.462 e. The number of hydrogen-bond acceptors (Lipinski definition) is 10. The smallest absolute Gasteiger partial charge is 0.462 e. The van der Waals surface area contributed by atoms with E-state index in [0.29, 0.717) is 19.3 Å². The molecule has 0 saturated carbocycles. The third kappa shape index (κ3) is 35.6. The molecule has 4 N–H and O–H groups in total. The zero-order valence-corrected chi connectivity index (χ0v) is 34.1. The van der Waals surface area contributed by atoms with E-state index in [1.165, 1.54) is 51.4 Å². The molecular formula is C41H75O11P. The third-order valence-electron chi connectivity index (χ3n) is 8.93. The fourth-order valence-corrected chi connectivity index (χ4v) is 6.15. The molecule has 0 aliphatic rings. The maximum atomic E-state index is 12.6. The van der Waals surface area contributed by atoms with E-state index in [4.69, 9.17) is 19.1 Å². The number of rotatable bonds is 37. The van der Waals surface area contributed by atoms with Gasteiger partial charge in [-0.25, -0.2) is 4.57 Å². The van der Waals surface area contributed by atoms with Crippen LogP contribution in [0.15, 0.2) is 36.5 Å². The van der Waals surface area contributed by atoms with Crippen LogP contribution in [0.1, 0.15) is 162 Å². The van der Waals surface area contributed by atoms with Crippen LogP contribution in [0.2, 0.25) is 0 Å². The van der Waals surface area contributed by atoms with Gasteiger partial charge in [-0.2, -0.15) is 0 Å². The second-order valence-electron chi connectivity index (χ2n) is 14.1. The molecule has 0 aromatic carbocycles. The summed E-state index contributed by atoms with van der Waals surface area (Å²) < 4.78 is 32.6. The Kier molecular flexibility index (Phi) is 34.6. The number of unbranched alkanes of at least 4 members (excludes halogenated alkanes) is 14. The highest BCUT2D eigenvalue weighted by Crippen LogP contribution is 2.43. The number of aliphatic hydroxyl groups is 3. The molecule has 0 radical (unpaired) electrons. The van der Waals surface area contributed by atoms with E-state index >= 15 is 0 Å². The lowest BCUT2D eigenvalue weighted by Gasteiger charge is -2.20. The summed E-state index contributed by atoms with van der Waals surface area (Å²) in [6.07, 6.45) is 30.1. The van der Waals surface area contributed by atoms with E-state index in [0.717, 1.165) is 63.7 Å². The number of hydrogen-bond donors (Lipinski definition) is 4. The van der Waals surface area contributed by atoms with Crippen molar-refractivity contribution in [2.24, 2.45) is 5.92 Å². The predicted octanol–water partition coefficient (Wildman–Crippen LogP) is 9.22. The van der Waals surface area contributed by atoms with E-state index in [1.807, 2.05) is 24.3 Å². The zero-order chi connectivity index (χ0) is 39.4. The molecule has 3 unspecified atom stereocenters. The number of carbonyl (C=O) groups is 2. The Hall–Kier alpha value is -1.85. The van der Waals surface area contributed by atoms with Gasteiger partial charge >= 0.3 is 19.8 Å². The van der Waals surface area contributed by atoms with Crippen molar-refractivity contribution in [3.63, 3.8) is 0 Å². The summed E-state index contributed by atoms with van der Waals surface area (Å²) >= 11 is 0. The summed E-state index contributed by atoms with van der Waals surface area (Å²) in [5.74, 6) is -0.143. The minimum absolute atomic E-state index is 0.138. The van der Waals surface area contributed by atoms with E-state index in [9.17, 15) is 29.3 Å². The zero-order valence-electron chi connectivity index (χ0n) is 33.3. The highest BCUT2D eigenvalue weighted by molar-refractivity contribution is 7.47. The predicted molar refractivity (Wildman–Crippen MR) is 211 cm³/mol. The van der Waals surface area contributed by atoms with Gasteiger partial charge in [-0.05, 0) is 44.4 Å². The van der Waals surface area contributed by atoms with Crippen LogP contribution in [0, 0.1) is 5.92 Å². The van der Waals surface area contributed by atoms with Crippen molar-refractivity contribution in [1.29, 1.82) is 0 Å². The standard InChI is InChI=1S/C41H75O11P/c1-4-6-22-28-37(43)29-24-19-15-11-9-13-17-21-26-31-41(46)52-39(35-51-53(47,48)50-33-38(44)32-42)34-49-40(45)30-25-20-16-12-8-7-10-14-18-23-27-36(3)5-2/h6,15,19,22,24,29,36-39,42-44H,4-5,7-14,16-18,20-21,23,25-28,30-35H2,1-3H3,(H,47,48)/b19-15+,22-6+,29-24+/t36?,37?,38-,39+/m0/s1. The molecular weight excluding hydrogens is 699 g/mol. The Morgan fingerprint density at radius 1 is 0.698 bits per heavy atom. The molecule has 0 bridgehead atoms. The molecule has 0 aromatic rings. The van der Waals surface area contributed by atoms with Gasteiger partial charge in [0.05, 0.1) is 25.9 Å². The lowest BCUT2D eigenvalue weighted by molar-refractivity contribution is -0.161. The molecule has 0 rings (SSSR count). The molecule has 0 aromatic heterocycles. The van der Waals surface area contributed by atoms with Gasteiger partial charge in [0.25, 0.3) is 0 Å². The normalized spacial score (nSPS) is 15.5. The molecule has 0 saturated heterocycles. The quantitative estimate of drug-likeness (QED) is 0.0156. The summed E-state index contributed by atoms with van der Waals surface area (Å²) in [4.78, 5) is 34.9. The lowest BCUT2D eigenvalue weighted by Crippen LogP contribution is -2.29. The minimum atomic E-state index is -4.63. The Morgan fingerprint density at radius 3 is 1.87 bits per heavy atom. The second-order valence-corrected chi connectivity index (χ2v) is 15.5. The van der Waals surface area contributed by atoms with Crippen LogP contribution in [0.3, 0.4) is 0 Å². The van der Waals surface area contributed by atoms with Crippen LogP contribution in [-0.4, -0.2) is 76.9 Å². The molecule has 0 fully saturated rings. The molecule has 11 nitrogen and oxygen atoms in total. The van der Waals surface area contributed by atoms with E-state index in [1.54, 1.807) is 6.08 Å². The Morgan fingerprint density at radius 2 is 1.26 bits per heavy atom. The molecule has 0 spiro atoms. The monoisotopic (exact) mass is 775 g/mol. The molecule has 0 aliphatic heterocycles. The summed E-state index contributed by atoms with van der Waals surface area (Å²) in [7, 11) is -4.63. The average Bonchev–Trinajstić information content (AvgIpc) is 3.14. The van der Waals surface area contributed by atoms with Gasteiger partial charge in [-0.3, -0.25) is 18.6 Å². The molecule has 53 heavy (non-hydrogen) atoms. The third-order valence-corrected chi connectivity index (χ3v) is 9.88. The summed E-state index contributed by atoms with van der Waals surface area (Å²) in [6, 6.07) is 0. The van der Waals surface area contributed by atoms with Crippen LogP contribution in [-0.2, 0) is 32.7 Å². The molecule has 5 atom stereocenters. The maximum Gasteiger partial charge on any atom is 0.472 e. The number of esters is 2. The van der Waals surface area contributed by atoms with Crippen molar-refractivity contribution in [3.05, 3.63) is 36.5 Å². The molecule has 12 heteroatoms. The first kappa shape index (κ1) is 51.1. The maximum absolute atomic E-state index is 12.6. The fraction of sp³-hybridized carbons (Fsp3) is 0.805. The lowest BCUT2D eigenvalue weighted by atomic mass is 9.99. The first-order valence-corrected chi connectivity index (χ1v) is 21.9. The number of ether oxygens (including phenoxy) is 2. The van der Waals surface area contributed by atoms with Gasteiger partial charge in [0, 0.05) is 12.8 Å². The van der Waals surface area contributed by atoms with Gasteiger partial charge in [-0.15, -0.1) is 0 Å². The number of phosphoric acid groups is 1. The number of carbonyl (C=O) groups excluding carboxylic acids is 2. The van der Waals surface area contributed by atoms with Crippen molar-refractivity contribution in [2.75, 3.05) is 26.4 Å². The van der Waals surface area contributed by atoms with Crippen molar-refractivity contribution in [1.82, 2.24) is 0 Å². The van der Waals surface area contributed by atoms with Crippen molar-refractivity contribution >= 4 is 19.8 Å². The average molecular weight is 775 g/mol. The summed E-state index contributed by atoms with van der Waals surface area (Å²) in [5.41, 5.74) is 0. The van der Waals surface area contributed by atoms with Gasteiger partial charge in [0.2, 0.25) is 0 Å². The van der Waals surface area contributed by atoms with Crippen molar-refractivity contribution in [2.45, 2.75) is 180 Å². The highest BCUT2D eigenvalue weighted by Gasteiger charge is 2.27. The summed E-state index contributed by atoms with van der Waals surface area (Å²) in [5, 5.41) is 28.2. The van der Waals surface area contributed by atoms with Crippen LogP contribution in [0.5, 0.6) is 0 Å². The number of allylic oxidation sites excluding steroid dienone is 4. The fourth-order valence-electron chi connectivity index (χ4n) is 5.36. The van der Waals surface area contributed by atoms with E-state index in [2.05, 4.69) is 31.4 Å². The highest BCUT2D eigenvalue weighted by atomic mass is 31.2. The molecule has 0 heterocycles. The largest absolute Gasteiger partial charge is 0.472 e. The summed E-state index contributed by atoms with van der Waals surface area (Å²) in [6.45, 7) is 4.45. The SMILES string of the molecule is CC/C=C/CC(O)/C=C/C=C/CCCCCCCC(=O)O[C@H](COC(=O)CCCCCCCCCCCCC(C)CC)COP(=O)(O)OC[C@@H](O)CO. The Bertz CT molecular complexity index is 1020.